The normalized spacial score (nSPS) is 10.6. The van der Waals surface area contributed by atoms with Crippen LogP contribution in [0.3, 0.4) is 0 Å². The highest BCUT2D eigenvalue weighted by atomic mass is 32.1. The van der Waals surface area contributed by atoms with E-state index in [2.05, 4.69) is 10.3 Å². The molecule has 2 aromatic rings. The van der Waals surface area contributed by atoms with Crippen molar-refractivity contribution >= 4 is 17.2 Å². The Labute approximate surface area is 122 Å². The number of hydrogen-bond acceptors (Lipinski definition) is 4. The Bertz CT molecular complexity index is 576. The Morgan fingerprint density at radius 3 is 2.65 bits per heavy atom. The molecule has 0 saturated carbocycles. The first-order valence-electron chi connectivity index (χ1n) is 6.46. The van der Waals surface area contributed by atoms with Gasteiger partial charge in [-0.3, -0.25) is 4.79 Å². The van der Waals surface area contributed by atoms with Gasteiger partial charge in [-0.15, -0.1) is 11.3 Å². The van der Waals surface area contributed by atoms with Gasteiger partial charge in [0.05, 0.1) is 12.1 Å². The summed E-state index contributed by atoms with van der Waals surface area (Å²) in [5, 5.41) is 5.58. The number of methoxy groups -OCH3 is 1. The molecular formula is C15H18N2O2S. The molecule has 1 aromatic carbocycles. The van der Waals surface area contributed by atoms with E-state index in [4.69, 9.17) is 4.74 Å². The van der Waals surface area contributed by atoms with Crippen molar-refractivity contribution in [3.05, 3.63) is 45.9 Å². The molecule has 0 aliphatic rings. The molecule has 0 fully saturated rings. The van der Waals surface area contributed by atoms with Crippen LogP contribution >= 0.6 is 11.3 Å². The number of nitrogens with zero attached hydrogens (tertiary/aromatic N) is 1. The minimum absolute atomic E-state index is 0.114. The van der Waals surface area contributed by atoms with Crippen molar-refractivity contribution in [3.63, 3.8) is 0 Å². The largest absolute Gasteiger partial charge is 0.497 e. The molecule has 106 valence electrons. The molecule has 2 rings (SSSR count). The van der Waals surface area contributed by atoms with Crippen LogP contribution in [0.1, 0.15) is 34.9 Å². The van der Waals surface area contributed by atoms with Gasteiger partial charge in [-0.25, -0.2) is 4.98 Å². The third-order valence-electron chi connectivity index (χ3n) is 2.72. The molecule has 5 heteroatoms. The van der Waals surface area contributed by atoms with Gasteiger partial charge in [0.15, 0.2) is 0 Å². The fourth-order valence-electron chi connectivity index (χ4n) is 1.75. The predicted octanol–water partition coefficient (Wildman–Crippen LogP) is 2.88. The third-order valence-corrected chi connectivity index (χ3v) is 3.57. The minimum atomic E-state index is -0.114. The van der Waals surface area contributed by atoms with Gasteiger partial charge in [0.2, 0.25) is 0 Å². The number of carbonyl (C=O) groups is 1. The van der Waals surface area contributed by atoms with Crippen LogP contribution < -0.4 is 10.1 Å². The number of thiazole rings is 1. The molecule has 1 aromatic heterocycles. The lowest BCUT2D eigenvalue weighted by Gasteiger charge is -2.05. The van der Waals surface area contributed by atoms with Crippen LogP contribution in [0.4, 0.5) is 0 Å². The van der Waals surface area contributed by atoms with E-state index >= 15 is 0 Å². The van der Waals surface area contributed by atoms with E-state index in [1.807, 2.05) is 38.1 Å². The van der Waals surface area contributed by atoms with Crippen molar-refractivity contribution in [1.29, 1.82) is 0 Å². The second-order valence-corrected chi connectivity index (χ2v) is 5.72. The van der Waals surface area contributed by atoms with Gasteiger partial charge in [0.1, 0.15) is 11.4 Å². The number of carbonyl (C=O) groups excluding carboxylic acids is 1. The number of nitrogens with one attached hydrogen (secondary N) is 1. The molecule has 0 radical (unpaired) electrons. The maximum Gasteiger partial charge on any atom is 0.270 e. The van der Waals surface area contributed by atoms with Crippen LogP contribution in [0.5, 0.6) is 5.75 Å². The first kappa shape index (κ1) is 14.5. The fraction of sp³-hybridized carbons (Fsp3) is 0.333. The molecule has 0 spiro atoms. The molecule has 0 bridgehead atoms. The van der Waals surface area contributed by atoms with E-state index in [0.29, 0.717) is 5.69 Å². The van der Waals surface area contributed by atoms with Crippen molar-refractivity contribution in [1.82, 2.24) is 10.3 Å². The van der Waals surface area contributed by atoms with Gasteiger partial charge in [0, 0.05) is 17.8 Å². The zero-order chi connectivity index (χ0) is 14.5. The summed E-state index contributed by atoms with van der Waals surface area (Å²) in [6.07, 6.45) is 0.726. The summed E-state index contributed by atoms with van der Waals surface area (Å²) in [6.45, 7) is 3.87. The number of aromatic nitrogens is 1. The Hall–Kier alpha value is -1.88. The number of benzene rings is 1. The van der Waals surface area contributed by atoms with Crippen LogP contribution in [-0.4, -0.2) is 24.0 Å². The van der Waals surface area contributed by atoms with Crippen LogP contribution in [0.2, 0.25) is 0 Å². The predicted molar refractivity (Wildman–Crippen MR) is 80.5 cm³/mol. The van der Waals surface area contributed by atoms with Gasteiger partial charge in [0.25, 0.3) is 5.91 Å². The van der Waals surface area contributed by atoms with Gasteiger partial charge in [-0.2, -0.15) is 0 Å². The average Bonchev–Trinajstić information content (AvgIpc) is 2.87. The van der Waals surface area contributed by atoms with Gasteiger partial charge in [-0.05, 0) is 31.5 Å². The first-order valence-corrected chi connectivity index (χ1v) is 7.34. The minimum Gasteiger partial charge on any atom is -0.497 e. The highest BCUT2D eigenvalue weighted by molar-refractivity contribution is 7.09. The quantitative estimate of drug-likeness (QED) is 0.921. The zero-order valence-corrected chi connectivity index (χ0v) is 12.7. The topological polar surface area (TPSA) is 51.2 Å². The molecular weight excluding hydrogens is 272 g/mol. The number of hydrogen-bond donors (Lipinski definition) is 1. The second kappa shape index (κ2) is 6.52. The van der Waals surface area contributed by atoms with Crippen LogP contribution in [0.25, 0.3) is 0 Å². The summed E-state index contributed by atoms with van der Waals surface area (Å²) in [5.74, 6) is 0.724. The molecule has 0 aliphatic heterocycles. The number of amides is 1. The van der Waals surface area contributed by atoms with Gasteiger partial charge >= 0.3 is 0 Å². The highest BCUT2D eigenvalue weighted by Crippen LogP contribution is 2.17. The lowest BCUT2D eigenvalue weighted by Crippen LogP contribution is -2.30. The van der Waals surface area contributed by atoms with E-state index in [-0.39, 0.29) is 11.9 Å². The van der Waals surface area contributed by atoms with E-state index < -0.39 is 0 Å². The van der Waals surface area contributed by atoms with E-state index in [0.717, 1.165) is 22.7 Å². The van der Waals surface area contributed by atoms with Gasteiger partial charge < -0.3 is 10.1 Å². The SMILES string of the molecule is COc1ccc(Cc2nc(C(=O)NC(C)C)cs2)cc1. The van der Waals surface area contributed by atoms with E-state index in [1.165, 1.54) is 11.3 Å². The second-order valence-electron chi connectivity index (χ2n) is 4.78. The average molecular weight is 290 g/mol. The summed E-state index contributed by atoms with van der Waals surface area (Å²) in [5.41, 5.74) is 1.64. The lowest BCUT2D eigenvalue weighted by molar-refractivity contribution is 0.0938. The number of ether oxygens (including phenoxy) is 1. The summed E-state index contributed by atoms with van der Waals surface area (Å²) >= 11 is 1.51. The third kappa shape index (κ3) is 3.81. The molecule has 1 N–H and O–H groups in total. The zero-order valence-electron chi connectivity index (χ0n) is 11.8. The van der Waals surface area contributed by atoms with Crippen molar-refractivity contribution in [2.45, 2.75) is 26.3 Å². The number of rotatable bonds is 5. The Kier molecular flexibility index (Phi) is 4.74. The monoisotopic (exact) mass is 290 g/mol. The van der Waals surface area contributed by atoms with E-state index in [1.54, 1.807) is 12.5 Å². The van der Waals surface area contributed by atoms with Crippen LogP contribution in [0, 0.1) is 0 Å². The molecule has 0 saturated heterocycles. The smallest absolute Gasteiger partial charge is 0.270 e. The van der Waals surface area contributed by atoms with Crippen molar-refractivity contribution < 1.29 is 9.53 Å². The Morgan fingerprint density at radius 1 is 1.35 bits per heavy atom. The molecule has 1 amide bonds. The molecule has 0 unspecified atom stereocenters. The lowest BCUT2D eigenvalue weighted by atomic mass is 10.1. The van der Waals surface area contributed by atoms with Crippen molar-refractivity contribution in [2.75, 3.05) is 7.11 Å². The Morgan fingerprint density at radius 2 is 2.05 bits per heavy atom. The fourth-order valence-corrected chi connectivity index (χ4v) is 2.56. The molecule has 1 heterocycles. The van der Waals surface area contributed by atoms with Gasteiger partial charge in [-0.1, -0.05) is 12.1 Å². The summed E-state index contributed by atoms with van der Waals surface area (Å²) in [6, 6.07) is 7.99. The van der Waals surface area contributed by atoms with Crippen LogP contribution in [-0.2, 0) is 6.42 Å². The molecule has 0 aliphatic carbocycles. The standard InChI is InChI=1S/C15H18N2O2S/c1-10(2)16-15(18)13-9-20-14(17-13)8-11-4-6-12(19-3)7-5-11/h4-7,9-10H,8H2,1-3H3,(H,16,18). The molecule has 20 heavy (non-hydrogen) atoms. The van der Waals surface area contributed by atoms with E-state index in [9.17, 15) is 4.79 Å². The van der Waals surface area contributed by atoms with Crippen LogP contribution in [0.15, 0.2) is 29.6 Å². The van der Waals surface area contributed by atoms with Crippen molar-refractivity contribution in [2.24, 2.45) is 0 Å². The maximum atomic E-state index is 11.8. The summed E-state index contributed by atoms with van der Waals surface area (Å²) in [7, 11) is 1.65. The summed E-state index contributed by atoms with van der Waals surface area (Å²) < 4.78 is 5.13. The Balaban J connectivity index is 2.03. The molecule has 4 nitrogen and oxygen atoms in total. The highest BCUT2D eigenvalue weighted by Gasteiger charge is 2.11. The first-order chi connectivity index (χ1) is 9.58. The van der Waals surface area contributed by atoms with Crippen molar-refractivity contribution in [3.8, 4) is 5.75 Å². The summed E-state index contributed by atoms with van der Waals surface area (Å²) in [4.78, 5) is 16.2. The molecule has 0 atom stereocenters. The maximum absolute atomic E-state index is 11.8.